The molecule has 1 rings (SSSR count). The fraction of sp³-hybridized carbons (Fsp3) is 0.182. The molecule has 0 amide bonds. The van der Waals surface area contributed by atoms with E-state index in [2.05, 4.69) is 10.0 Å². The summed E-state index contributed by atoms with van der Waals surface area (Å²) in [4.78, 5) is 13.0. The summed E-state index contributed by atoms with van der Waals surface area (Å²) in [6.07, 6.45) is -1.60. The Bertz CT molecular complexity index is 517. The van der Waals surface area contributed by atoms with Gasteiger partial charge in [0.1, 0.15) is 0 Å². The maximum atomic E-state index is 12.6. The van der Waals surface area contributed by atoms with Crippen LogP contribution in [0.3, 0.4) is 0 Å². The normalized spacial score (nSPS) is 11.3. The standard InChI is InChI=1S/C11H8F3N3O/c12-11(13,14)10-6-8(2-1-5-16-17-15)3-4-9(10)7-18/h1-4,6-7H,5H2. The molecular formula is C11H8F3N3O. The van der Waals surface area contributed by atoms with Gasteiger partial charge in [-0.1, -0.05) is 29.4 Å². The summed E-state index contributed by atoms with van der Waals surface area (Å²) in [5, 5.41) is 3.21. The number of hydrogen-bond donors (Lipinski definition) is 0. The van der Waals surface area contributed by atoms with Crippen molar-refractivity contribution in [2.75, 3.05) is 6.54 Å². The SMILES string of the molecule is [N-]=[N+]=NCC=Cc1ccc(C=O)c(C(F)(F)F)c1. The van der Waals surface area contributed by atoms with Gasteiger partial charge in [-0.25, -0.2) is 0 Å². The molecule has 7 heteroatoms. The topological polar surface area (TPSA) is 65.8 Å². The lowest BCUT2D eigenvalue weighted by molar-refractivity contribution is -0.137. The van der Waals surface area contributed by atoms with Crippen molar-refractivity contribution >= 4 is 12.4 Å². The number of halogens is 3. The van der Waals surface area contributed by atoms with Gasteiger partial charge < -0.3 is 0 Å². The van der Waals surface area contributed by atoms with Gasteiger partial charge in [-0.15, -0.1) is 0 Å². The zero-order valence-electron chi connectivity index (χ0n) is 9.05. The van der Waals surface area contributed by atoms with Crippen molar-refractivity contribution in [2.24, 2.45) is 5.11 Å². The average Bonchev–Trinajstić information content (AvgIpc) is 2.33. The van der Waals surface area contributed by atoms with Gasteiger partial charge in [0.2, 0.25) is 0 Å². The third-order valence-electron chi connectivity index (χ3n) is 2.07. The van der Waals surface area contributed by atoms with Crippen LogP contribution in [0.15, 0.2) is 29.4 Å². The van der Waals surface area contributed by atoms with Crippen LogP contribution in [0.4, 0.5) is 13.2 Å². The molecule has 0 fully saturated rings. The summed E-state index contributed by atoms with van der Waals surface area (Å²) >= 11 is 0. The van der Waals surface area contributed by atoms with E-state index in [1.807, 2.05) is 0 Å². The molecule has 0 heterocycles. The minimum Gasteiger partial charge on any atom is -0.298 e. The molecule has 0 saturated carbocycles. The second-order valence-corrected chi connectivity index (χ2v) is 3.28. The highest BCUT2D eigenvalue weighted by atomic mass is 19.4. The van der Waals surface area contributed by atoms with Crippen molar-refractivity contribution in [1.29, 1.82) is 0 Å². The molecule has 18 heavy (non-hydrogen) atoms. The van der Waals surface area contributed by atoms with E-state index in [-0.39, 0.29) is 18.4 Å². The van der Waals surface area contributed by atoms with Crippen LogP contribution in [-0.2, 0) is 6.18 Å². The minimum absolute atomic E-state index is 0.0489. The summed E-state index contributed by atoms with van der Waals surface area (Å²) in [5.41, 5.74) is 6.91. The quantitative estimate of drug-likeness (QED) is 0.349. The van der Waals surface area contributed by atoms with E-state index in [4.69, 9.17) is 5.53 Å². The fourth-order valence-electron chi connectivity index (χ4n) is 1.30. The number of alkyl halides is 3. The Kier molecular flexibility index (Phi) is 4.51. The highest BCUT2D eigenvalue weighted by Gasteiger charge is 2.33. The first kappa shape index (κ1) is 13.8. The van der Waals surface area contributed by atoms with E-state index in [1.165, 1.54) is 18.2 Å². The first-order chi connectivity index (χ1) is 8.49. The Morgan fingerprint density at radius 1 is 1.39 bits per heavy atom. The molecule has 0 bridgehead atoms. The monoisotopic (exact) mass is 255 g/mol. The maximum Gasteiger partial charge on any atom is 0.417 e. The molecule has 0 aliphatic carbocycles. The summed E-state index contributed by atoms with van der Waals surface area (Å²) in [5.74, 6) is 0. The second kappa shape index (κ2) is 5.88. The molecule has 0 aliphatic heterocycles. The van der Waals surface area contributed by atoms with Crippen molar-refractivity contribution in [3.05, 3.63) is 51.4 Å². The summed E-state index contributed by atoms with van der Waals surface area (Å²) < 4.78 is 37.8. The summed E-state index contributed by atoms with van der Waals surface area (Å²) in [7, 11) is 0. The number of benzene rings is 1. The molecule has 0 N–H and O–H groups in total. The van der Waals surface area contributed by atoms with Crippen LogP contribution in [0, 0.1) is 0 Å². The van der Waals surface area contributed by atoms with E-state index < -0.39 is 17.3 Å². The second-order valence-electron chi connectivity index (χ2n) is 3.28. The number of carbonyl (C=O) groups is 1. The first-order valence-electron chi connectivity index (χ1n) is 4.83. The van der Waals surface area contributed by atoms with Crippen molar-refractivity contribution in [1.82, 2.24) is 0 Å². The first-order valence-corrected chi connectivity index (χ1v) is 4.83. The number of nitrogens with zero attached hydrogens (tertiary/aromatic N) is 3. The number of aldehydes is 1. The summed E-state index contributed by atoms with van der Waals surface area (Å²) in [6.45, 7) is 0.0489. The molecule has 0 aromatic heterocycles. The average molecular weight is 255 g/mol. The third kappa shape index (κ3) is 3.64. The van der Waals surface area contributed by atoms with Crippen LogP contribution >= 0.6 is 0 Å². The Hall–Kier alpha value is -2.27. The molecule has 0 spiro atoms. The van der Waals surface area contributed by atoms with Crippen molar-refractivity contribution in [2.45, 2.75) is 6.18 Å². The van der Waals surface area contributed by atoms with Crippen molar-refractivity contribution < 1.29 is 18.0 Å². The molecule has 94 valence electrons. The zero-order chi connectivity index (χ0) is 13.6. The molecule has 1 aromatic rings. The van der Waals surface area contributed by atoms with Crippen LogP contribution in [0.25, 0.3) is 16.5 Å². The number of hydrogen-bond acceptors (Lipinski definition) is 2. The molecule has 1 aromatic carbocycles. The number of rotatable bonds is 4. The van der Waals surface area contributed by atoms with Crippen molar-refractivity contribution in [3.8, 4) is 0 Å². The summed E-state index contributed by atoms with van der Waals surface area (Å²) in [6, 6.07) is 3.35. The largest absolute Gasteiger partial charge is 0.417 e. The minimum atomic E-state index is -4.58. The lowest BCUT2D eigenvalue weighted by Crippen LogP contribution is -2.09. The lowest BCUT2D eigenvalue weighted by atomic mass is 10.0. The molecule has 0 saturated heterocycles. The Labute approximate surface area is 100 Å². The van der Waals surface area contributed by atoms with Crippen LogP contribution < -0.4 is 0 Å². The molecule has 4 nitrogen and oxygen atoms in total. The smallest absolute Gasteiger partial charge is 0.298 e. The Morgan fingerprint density at radius 3 is 2.67 bits per heavy atom. The van der Waals surface area contributed by atoms with Gasteiger partial charge in [0.25, 0.3) is 0 Å². The fourth-order valence-corrected chi connectivity index (χ4v) is 1.30. The predicted molar refractivity (Wildman–Crippen MR) is 59.9 cm³/mol. The lowest BCUT2D eigenvalue weighted by Gasteiger charge is -2.09. The Balaban J connectivity index is 3.07. The van der Waals surface area contributed by atoms with Gasteiger partial charge in [0.15, 0.2) is 6.29 Å². The predicted octanol–water partition coefficient (Wildman–Crippen LogP) is 3.84. The molecule has 0 aliphatic rings. The Morgan fingerprint density at radius 2 is 2.11 bits per heavy atom. The van der Waals surface area contributed by atoms with Gasteiger partial charge in [0, 0.05) is 17.0 Å². The van der Waals surface area contributed by atoms with E-state index >= 15 is 0 Å². The van der Waals surface area contributed by atoms with Gasteiger partial charge in [-0.05, 0) is 17.2 Å². The number of carbonyl (C=O) groups excluding carboxylic acids is 1. The van der Waals surface area contributed by atoms with Crippen LogP contribution in [0.5, 0.6) is 0 Å². The van der Waals surface area contributed by atoms with E-state index in [0.717, 1.165) is 12.1 Å². The van der Waals surface area contributed by atoms with Gasteiger partial charge in [-0.3, -0.25) is 4.79 Å². The van der Waals surface area contributed by atoms with Gasteiger partial charge >= 0.3 is 6.18 Å². The maximum absolute atomic E-state index is 12.6. The van der Waals surface area contributed by atoms with E-state index in [9.17, 15) is 18.0 Å². The highest BCUT2D eigenvalue weighted by molar-refractivity contribution is 5.78. The number of azide groups is 1. The van der Waals surface area contributed by atoms with Gasteiger partial charge in [0.05, 0.1) is 5.56 Å². The molecular weight excluding hydrogens is 247 g/mol. The third-order valence-corrected chi connectivity index (χ3v) is 2.07. The van der Waals surface area contributed by atoms with Crippen LogP contribution in [0.1, 0.15) is 21.5 Å². The molecule has 0 unspecified atom stereocenters. The van der Waals surface area contributed by atoms with Crippen LogP contribution in [-0.4, -0.2) is 12.8 Å². The molecule has 0 atom stereocenters. The highest BCUT2D eigenvalue weighted by Crippen LogP contribution is 2.32. The van der Waals surface area contributed by atoms with E-state index in [0.29, 0.717) is 0 Å². The van der Waals surface area contributed by atoms with Crippen LogP contribution in [0.2, 0.25) is 0 Å². The molecule has 0 radical (unpaired) electrons. The van der Waals surface area contributed by atoms with E-state index in [1.54, 1.807) is 0 Å². The van der Waals surface area contributed by atoms with Crippen molar-refractivity contribution in [3.63, 3.8) is 0 Å². The van der Waals surface area contributed by atoms with Gasteiger partial charge in [-0.2, -0.15) is 13.2 Å². The zero-order valence-corrected chi connectivity index (χ0v) is 9.05.